The summed E-state index contributed by atoms with van der Waals surface area (Å²) in [6.07, 6.45) is 2.26. The van der Waals surface area contributed by atoms with Gasteiger partial charge >= 0.3 is 0 Å². The van der Waals surface area contributed by atoms with Crippen LogP contribution in [0.1, 0.15) is 24.5 Å². The molecule has 1 fully saturated rings. The van der Waals surface area contributed by atoms with Crippen LogP contribution < -0.4 is 4.74 Å². The summed E-state index contributed by atoms with van der Waals surface area (Å²) in [4.78, 5) is 2.37. The van der Waals surface area contributed by atoms with Crippen molar-refractivity contribution < 1.29 is 9.47 Å². The molecule has 1 aromatic heterocycles. The predicted octanol–water partition coefficient (Wildman–Crippen LogP) is 3.16. The minimum Gasteiger partial charge on any atom is -0.489 e. The first-order valence-corrected chi connectivity index (χ1v) is 9.27. The van der Waals surface area contributed by atoms with Crippen LogP contribution in [0.3, 0.4) is 0 Å². The van der Waals surface area contributed by atoms with Crippen molar-refractivity contribution in [3.05, 3.63) is 39.9 Å². The summed E-state index contributed by atoms with van der Waals surface area (Å²) in [5, 5.41) is 9.63. The number of aromatic nitrogens is 3. The minimum absolute atomic E-state index is 0.137. The lowest BCUT2D eigenvalue weighted by atomic mass is 10.1. The Kier molecular flexibility index (Phi) is 5.12. The van der Waals surface area contributed by atoms with Gasteiger partial charge in [0.1, 0.15) is 24.3 Å². The molecule has 1 aromatic carbocycles. The number of piperidine rings is 1. The Morgan fingerprint density at radius 1 is 1.20 bits per heavy atom. The zero-order valence-electron chi connectivity index (χ0n) is 13.8. The summed E-state index contributed by atoms with van der Waals surface area (Å²) >= 11 is 12.0. The van der Waals surface area contributed by atoms with Gasteiger partial charge in [-0.1, -0.05) is 23.2 Å². The van der Waals surface area contributed by atoms with E-state index >= 15 is 0 Å². The molecule has 0 bridgehead atoms. The number of hydrogen-bond donors (Lipinski definition) is 0. The summed E-state index contributed by atoms with van der Waals surface area (Å²) in [5.41, 5.74) is 0. The van der Waals surface area contributed by atoms with E-state index in [1.165, 1.54) is 0 Å². The Morgan fingerprint density at radius 3 is 3.00 bits per heavy atom. The maximum atomic E-state index is 6.11. The van der Waals surface area contributed by atoms with Crippen LogP contribution in [0, 0.1) is 0 Å². The van der Waals surface area contributed by atoms with Crippen molar-refractivity contribution in [2.75, 3.05) is 19.7 Å². The van der Waals surface area contributed by atoms with Crippen LogP contribution >= 0.6 is 23.2 Å². The van der Waals surface area contributed by atoms with E-state index in [9.17, 15) is 0 Å². The number of halogens is 2. The molecule has 0 amide bonds. The van der Waals surface area contributed by atoms with Gasteiger partial charge in [-0.15, -0.1) is 10.2 Å². The fourth-order valence-corrected chi connectivity index (χ4v) is 3.66. The lowest BCUT2D eigenvalue weighted by Crippen LogP contribution is -2.41. The van der Waals surface area contributed by atoms with Crippen LogP contribution in [-0.4, -0.2) is 45.5 Å². The van der Waals surface area contributed by atoms with Crippen LogP contribution in [0.25, 0.3) is 0 Å². The van der Waals surface area contributed by atoms with Gasteiger partial charge in [0.2, 0.25) is 0 Å². The maximum Gasteiger partial charge on any atom is 0.159 e. The minimum atomic E-state index is 0.137. The third-order valence-corrected chi connectivity index (χ3v) is 5.35. The molecular formula is C17H20Cl2N4O2. The van der Waals surface area contributed by atoms with Crippen LogP contribution in [-0.2, 0) is 24.4 Å². The molecule has 134 valence electrons. The highest BCUT2D eigenvalue weighted by Crippen LogP contribution is 2.28. The molecule has 25 heavy (non-hydrogen) atoms. The van der Waals surface area contributed by atoms with Crippen LogP contribution in [0.15, 0.2) is 18.2 Å². The molecule has 6 nitrogen and oxygen atoms in total. The zero-order valence-corrected chi connectivity index (χ0v) is 15.3. The summed E-state index contributed by atoms with van der Waals surface area (Å²) < 4.78 is 13.7. The molecule has 0 radical (unpaired) electrons. The highest BCUT2D eigenvalue weighted by molar-refractivity contribution is 6.42. The largest absolute Gasteiger partial charge is 0.489 e. The molecule has 3 heterocycles. The number of benzene rings is 1. The molecule has 8 heteroatoms. The Hall–Kier alpha value is -1.34. The standard InChI is InChI=1S/C17H20Cl2N4O2/c18-14-4-3-12(8-15(14)19)25-13-2-1-5-22(9-13)10-16-20-21-17-11-24-7-6-23(16)17/h3-4,8,13H,1-2,5-7,9-11H2. The SMILES string of the molecule is Clc1ccc(OC2CCCN(Cc3nnc4n3CCOC4)C2)cc1Cl. The summed E-state index contributed by atoms with van der Waals surface area (Å²) in [7, 11) is 0. The van der Waals surface area contributed by atoms with Crippen molar-refractivity contribution in [2.24, 2.45) is 0 Å². The number of hydrogen-bond acceptors (Lipinski definition) is 5. The average molecular weight is 383 g/mol. The maximum absolute atomic E-state index is 6.11. The molecule has 2 aromatic rings. The van der Waals surface area contributed by atoms with Gasteiger partial charge in [-0.05, 0) is 31.5 Å². The van der Waals surface area contributed by atoms with E-state index in [-0.39, 0.29) is 6.10 Å². The Balaban J connectivity index is 1.39. The first-order chi connectivity index (χ1) is 12.2. The number of fused-ring (bicyclic) bond motifs is 1. The monoisotopic (exact) mass is 382 g/mol. The van der Waals surface area contributed by atoms with Crippen molar-refractivity contribution in [3.8, 4) is 5.75 Å². The van der Waals surface area contributed by atoms with E-state index in [4.69, 9.17) is 32.7 Å². The zero-order chi connectivity index (χ0) is 17.2. The summed E-state index contributed by atoms with van der Waals surface area (Å²) in [5.74, 6) is 2.69. The quantitative estimate of drug-likeness (QED) is 0.812. The van der Waals surface area contributed by atoms with Crippen molar-refractivity contribution in [1.29, 1.82) is 0 Å². The highest BCUT2D eigenvalue weighted by Gasteiger charge is 2.24. The Bertz CT molecular complexity index is 752. The molecule has 1 atom stereocenters. The van der Waals surface area contributed by atoms with Gasteiger partial charge < -0.3 is 14.0 Å². The molecule has 0 aliphatic carbocycles. The number of ether oxygens (including phenoxy) is 2. The van der Waals surface area contributed by atoms with E-state index in [0.717, 1.165) is 63.0 Å². The Morgan fingerprint density at radius 2 is 2.12 bits per heavy atom. The fourth-order valence-electron chi connectivity index (χ4n) is 3.37. The lowest BCUT2D eigenvalue weighted by Gasteiger charge is -2.32. The van der Waals surface area contributed by atoms with E-state index in [0.29, 0.717) is 16.7 Å². The molecule has 1 unspecified atom stereocenters. The lowest BCUT2D eigenvalue weighted by molar-refractivity contribution is 0.0716. The van der Waals surface area contributed by atoms with Crippen molar-refractivity contribution in [2.45, 2.75) is 38.6 Å². The van der Waals surface area contributed by atoms with Crippen molar-refractivity contribution in [3.63, 3.8) is 0 Å². The molecule has 2 aliphatic rings. The second-order valence-electron chi connectivity index (χ2n) is 6.43. The van der Waals surface area contributed by atoms with E-state index in [1.54, 1.807) is 12.1 Å². The molecule has 0 saturated carbocycles. The van der Waals surface area contributed by atoms with Gasteiger partial charge in [0.05, 0.1) is 23.2 Å². The second-order valence-corrected chi connectivity index (χ2v) is 7.24. The van der Waals surface area contributed by atoms with Gasteiger partial charge in [-0.2, -0.15) is 0 Å². The average Bonchev–Trinajstić information content (AvgIpc) is 3.02. The van der Waals surface area contributed by atoms with Gasteiger partial charge in [-0.3, -0.25) is 4.90 Å². The van der Waals surface area contributed by atoms with E-state index in [1.807, 2.05) is 6.07 Å². The third-order valence-electron chi connectivity index (χ3n) is 4.62. The fraction of sp³-hybridized carbons (Fsp3) is 0.529. The smallest absolute Gasteiger partial charge is 0.159 e. The number of nitrogens with zero attached hydrogens (tertiary/aromatic N) is 4. The molecule has 1 saturated heterocycles. The molecule has 0 N–H and O–H groups in total. The van der Waals surface area contributed by atoms with Gasteiger partial charge in [0, 0.05) is 19.2 Å². The van der Waals surface area contributed by atoms with Crippen molar-refractivity contribution in [1.82, 2.24) is 19.7 Å². The third kappa shape index (κ3) is 3.92. The van der Waals surface area contributed by atoms with Gasteiger partial charge in [0.25, 0.3) is 0 Å². The molecule has 0 spiro atoms. The predicted molar refractivity (Wildman–Crippen MR) is 95.1 cm³/mol. The van der Waals surface area contributed by atoms with Crippen LogP contribution in [0.5, 0.6) is 5.75 Å². The molecular weight excluding hydrogens is 363 g/mol. The van der Waals surface area contributed by atoms with Crippen LogP contribution in [0.2, 0.25) is 10.0 Å². The molecule has 4 rings (SSSR count). The van der Waals surface area contributed by atoms with E-state index in [2.05, 4.69) is 19.7 Å². The summed E-state index contributed by atoms with van der Waals surface area (Å²) in [6.45, 7) is 4.79. The first kappa shape index (κ1) is 17.1. The molecule has 2 aliphatic heterocycles. The highest BCUT2D eigenvalue weighted by atomic mass is 35.5. The second kappa shape index (κ2) is 7.50. The number of likely N-dealkylation sites (tertiary alicyclic amines) is 1. The summed E-state index contributed by atoms with van der Waals surface area (Å²) in [6, 6.07) is 5.41. The number of rotatable bonds is 4. The Labute approximate surface area is 156 Å². The van der Waals surface area contributed by atoms with Gasteiger partial charge in [0.15, 0.2) is 5.82 Å². The van der Waals surface area contributed by atoms with Gasteiger partial charge in [-0.25, -0.2) is 0 Å². The van der Waals surface area contributed by atoms with E-state index < -0.39 is 0 Å². The normalized spacial score (nSPS) is 21.1. The topological polar surface area (TPSA) is 52.4 Å². The van der Waals surface area contributed by atoms with Crippen molar-refractivity contribution >= 4 is 23.2 Å². The van der Waals surface area contributed by atoms with Crippen LogP contribution in [0.4, 0.5) is 0 Å². The first-order valence-electron chi connectivity index (χ1n) is 8.52.